The van der Waals surface area contributed by atoms with Crippen LogP contribution in [0.3, 0.4) is 0 Å². The molecule has 1 rings (SSSR count). The van der Waals surface area contributed by atoms with Crippen molar-refractivity contribution in [1.82, 2.24) is 4.90 Å². The van der Waals surface area contributed by atoms with E-state index in [1.165, 1.54) is 5.56 Å². The van der Waals surface area contributed by atoms with E-state index in [0.717, 1.165) is 22.6 Å². The molecule has 0 atom stereocenters. The van der Waals surface area contributed by atoms with Gasteiger partial charge in [-0.15, -0.1) is 12.6 Å². The normalized spacial score (nSPS) is 10.7. The minimum Gasteiger partial charge on any atom is -0.496 e. The molecule has 0 aliphatic carbocycles. The van der Waals surface area contributed by atoms with Crippen molar-refractivity contribution >= 4 is 29.2 Å². The van der Waals surface area contributed by atoms with Crippen molar-refractivity contribution in [3.8, 4) is 11.5 Å². The van der Waals surface area contributed by atoms with Crippen molar-refractivity contribution in [2.45, 2.75) is 40.2 Å². The monoisotopic (exact) mass is 327 g/mol. The van der Waals surface area contributed by atoms with Crippen LogP contribution in [0.15, 0.2) is 6.07 Å². The van der Waals surface area contributed by atoms with Crippen LogP contribution in [0.5, 0.6) is 11.5 Å². The largest absolute Gasteiger partial charge is 0.496 e. The van der Waals surface area contributed by atoms with E-state index in [1.54, 1.807) is 7.11 Å². The fraction of sp³-hybridized carbons (Fsp3) is 0.562. The molecule has 0 heterocycles. The van der Waals surface area contributed by atoms with Gasteiger partial charge in [0.25, 0.3) is 0 Å². The van der Waals surface area contributed by atoms with Gasteiger partial charge in [0.15, 0.2) is 0 Å². The van der Waals surface area contributed by atoms with Crippen molar-refractivity contribution in [3.05, 3.63) is 22.8 Å². The molecule has 0 saturated heterocycles. The Hall–Kier alpha value is -0.940. The Morgan fingerprint density at radius 1 is 1.38 bits per heavy atom. The smallest absolute Gasteiger partial charge is 0.133 e. The number of nitrogens with zero attached hydrogens (tertiary/aromatic N) is 1. The Kier molecular flexibility index (Phi) is 6.81. The van der Waals surface area contributed by atoms with Crippen molar-refractivity contribution in [1.29, 1.82) is 0 Å². The molecule has 0 fully saturated rings. The number of ether oxygens (including phenoxy) is 2. The lowest BCUT2D eigenvalue weighted by Crippen LogP contribution is -2.21. The first-order valence-corrected chi connectivity index (χ1v) is 7.96. The molecule has 0 saturated carbocycles. The molecule has 0 spiro atoms. The van der Waals surface area contributed by atoms with E-state index >= 15 is 0 Å². The predicted molar refractivity (Wildman–Crippen MR) is 96.0 cm³/mol. The fourth-order valence-corrected chi connectivity index (χ4v) is 2.49. The van der Waals surface area contributed by atoms with Gasteiger partial charge in [-0.2, -0.15) is 0 Å². The summed E-state index contributed by atoms with van der Waals surface area (Å²) in [6.07, 6.45) is 0. The van der Waals surface area contributed by atoms with Gasteiger partial charge in [0.2, 0.25) is 0 Å². The molecule has 5 heteroatoms. The molecule has 0 aliphatic heterocycles. The van der Waals surface area contributed by atoms with Crippen molar-refractivity contribution < 1.29 is 9.47 Å². The van der Waals surface area contributed by atoms with Crippen molar-refractivity contribution in [3.63, 3.8) is 0 Å². The third kappa shape index (κ3) is 4.27. The van der Waals surface area contributed by atoms with Gasteiger partial charge in [0, 0.05) is 7.05 Å². The van der Waals surface area contributed by atoms with Crippen molar-refractivity contribution in [2.24, 2.45) is 0 Å². The van der Waals surface area contributed by atoms with E-state index in [9.17, 15) is 0 Å². The highest BCUT2D eigenvalue weighted by atomic mass is 32.1. The molecular weight excluding hydrogens is 302 g/mol. The summed E-state index contributed by atoms with van der Waals surface area (Å²) in [5, 5.41) is 0. The van der Waals surface area contributed by atoms with Gasteiger partial charge in [0.1, 0.15) is 15.8 Å². The molecular formula is C16H25NO2S2. The Labute approximate surface area is 139 Å². The number of rotatable bonds is 6. The van der Waals surface area contributed by atoms with E-state index in [1.807, 2.05) is 18.9 Å². The summed E-state index contributed by atoms with van der Waals surface area (Å²) in [4.78, 5) is 1.91. The number of thiocarbonyl (C=S) groups is 1. The van der Waals surface area contributed by atoms with Crippen LogP contribution in [-0.4, -0.2) is 30.0 Å². The molecule has 1 aromatic carbocycles. The highest BCUT2D eigenvalue weighted by Crippen LogP contribution is 2.39. The standard InChI is InChI=1S/C16H25NO2S2/c1-7-19-15-12(10(2)3)8-11(4)14(18-6)13(15)9-17(5)16(20)21/h8,10H,7,9H2,1-6H3,(H,20,21). The summed E-state index contributed by atoms with van der Waals surface area (Å²) in [5.41, 5.74) is 3.34. The molecule has 21 heavy (non-hydrogen) atoms. The summed E-state index contributed by atoms with van der Waals surface area (Å²) >= 11 is 9.37. The third-order valence-corrected chi connectivity index (χ3v) is 4.03. The molecule has 0 amide bonds. The minimum absolute atomic E-state index is 0.378. The van der Waals surface area contributed by atoms with Crippen LogP contribution in [0.4, 0.5) is 0 Å². The first kappa shape index (κ1) is 18.1. The number of benzene rings is 1. The summed E-state index contributed by atoms with van der Waals surface area (Å²) in [6, 6.07) is 2.15. The van der Waals surface area contributed by atoms with Crippen LogP contribution in [0.1, 0.15) is 43.4 Å². The Morgan fingerprint density at radius 2 is 2.00 bits per heavy atom. The van der Waals surface area contributed by atoms with Crippen LogP contribution >= 0.6 is 24.8 Å². The zero-order valence-electron chi connectivity index (χ0n) is 13.7. The van der Waals surface area contributed by atoms with Crippen LogP contribution in [-0.2, 0) is 6.54 Å². The number of hydrogen-bond donors (Lipinski definition) is 1. The van der Waals surface area contributed by atoms with Gasteiger partial charge >= 0.3 is 0 Å². The first-order chi connectivity index (χ1) is 9.83. The second-order valence-corrected chi connectivity index (χ2v) is 6.46. The molecule has 1 aromatic rings. The van der Waals surface area contributed by atoms with Crippen LogP contribution < -0.4 is 9.47 Å². The highest BCUT2D eigenvalue weighted by Gasteiger charge is 2.21. The average molecular weight is 328 g/mol. The minimum atomic E-state index is 0.378. The number of hydrogen-bond acceptors (Lipinski definition) is 3. The van der Waals surface area contributed by atoms with E-state index in [4.69, 9.17) is 21.7 Å². The molecule has 118 valence electrons. The van der Waals surface area contributed by atoms with E-state index in [0.29, 0.717) is 23.4 Å². The summed E-state index contributed by atoms with van der Waals surface area (Å²) in [7, 11) is 3.61. The fourth-order valence-electron chi connectivity index (χ4n) is 2.36. The summed E-state index contributed by atoms with van der Waals surface area (Å²) < 4.78 is 12.1. The SMILES string of the molecule is CCOc1c(C(C)C)cc(C)c(OC)c1CN(C)C(=S)S. The van der Waals surface area contributed by atoms with E-state index in [-0.39, 0.29) is 0 Å². The summed E-state index contributed by atoms with van der Waals surface area (Å²) in [6.45, 7) is 9.62. The van der Waals surface area contributed by atoms with Crippen molar-refractivity contribution in [2.75, 3.05) is 20.8 Å². The van der Waals surface area contributed by atoms with Gasteiger partial charge in [0.05, 0.1) is 25.8 Å². The lowest BCUT2D eigenvalue weighted by molar-refractivity contribution is 0.319. The number of thiol groups is 1. The lowest BCUT2D eigenvalue weighted by atomic mass is 9.95. The Bertz CT molecular complexity index is 515. The van der Waals surface area contributed by atoms with Gasteiger partial charge < -0.3 is 14.4 Å². The maximum Gasteiger partial charge on any atom is 0.133 e. The van der Waals surface area contributed by atoms with Gasteiger partial charge in [-0.05, 0) is 37.0 Å². The number of aryl methyl sites for hydroxylation is 1. The molecule has 0 aliphatic rings. The molecule has 0 aromatic heterocycles. The predicted octanol–water partition coefficient (Wildman–Crippen LogP) is 4.17. The molecule has 0 radical (unpaired) electrons. The maximum atomic E-state index is 5.93. The van der Waals surface area contributed by atoms with Gasteiger partial charge in [-0.3, -0.25) is 0 Å². The van der Waals surface area contributed by atoms with E-state index in [2.05, 4.69) is 39.5 Å². The molecule has 3 nitrogen and oxygen atoms in total. The average Bonchev–Trinajstić information content (AvgIpc) is 2.41. The second-order valence-electron chi connectivity index (χ2n) is 5.35. The Balaban J connectivity index is 3.49. The topological polar surface area (TPSA) is 21.7 Å². The van der Waals surface area contributed by atoms with Gasteiger partial charge in [-0.1, -0.05) is 26.1 Å². The maximum absolute atomic E-state index is 5.93. The first-order valence-electron chi connectivity index (χ1n) is 7.10. The van der Waals surface area contributed by atoms with Crippen LogP contribution in [0, 0.1) is 6.92 Å². The third-order valence-electron chi connectivity index (χ3n) is 3.38. The van der Waals surface area contributed by atoms with E-state index < -0.39 is 0 Å². The summed E-state index contributed by atoms with van der Waals surface area (Å²) in [5.74, 6) is 2.15. The zero-order chi connectivity index (χ0) is 16.2. The number of methoxy groups -OCH3 is 1. The van der Waals surface area contributed by atoms with Crippen LogP contribution in [0.25, 0.3) is 0 Å². The quantitative estimate of drug-likeness (QED) is 0.625. The highest BCUT2D eigenvalue weighted by molar-refractivity contribution is 8.10. The van der Waals surface area contributed by atoms with Crippen LogP contribution in [0.2, 0.25) is 0 Å². The molecule has 0 unspecified atom stereocenters. The molecule has 0 bridgehead atoms. The lowest BCUT2D eigenvalue weighted by Gasteiger charge is -2.25. The molecule has 0 N–H and O–H groups in total. The Morgan fingerprint density at radius 3 is 2.43 bits per heavy atom. The zero-order valence-corrected chi connectivity index (χ0v) is 15.4. The second kappa shape index (κ2) is 7.90. The van der Waals surface area contributed by atoms with Gasteiger partial charge in [-0.25, -0.2) is 0 Å².